The Hall–Kier alpha value is -0.900. The number of hydrogen-bond acceptors (Lipinski definition) is 3. The van der Waals surface area contributed by atoms with Gasteiger partial charge >= 0.3 is 0 Å². The molecular formula is C12H22N4. The molecule has 0 spiro atoms. The molecule has 0 amide bonds. The maximum Gasteiger partial charge on any atom is 0.153 e. The van der Waals surface area contributed by atoms with Crippen molar-refractivity contribution in [1.82, 2.24) is 15.2 Å². The predicted molar refractivity (Wildman–Crippen MR) is 64.2 cm³/mol. The zero-order valence-electron chi connectivity index (χ0n) is 9.91. The van der Waals surface area contributed by atoms with Gasteiger partial charge in [-0.15, -0.1) is 0 Å². The van der Waals surface area contributed by atoms with Crippen LogP contribution in [0.1, 0.15) is 62.5 Å². The molecule has 1 aromatic rings. The molecule has 1 saturated carbocycles. The summed E-state index contributed by atoms with van der Waals surface area (Å²) in [5.41, 5.74) is 5.48. The van der Waals surface area contributed by atoms with Crippen molar-refractivity contribution in [1.29, 1.82) is 0 Å². The second-order valence-electron chi connectivity index (χ2n) is 4.72. The minimum atomic E-state index is 0.588. The number of rotatable bonds is 4. The van der Waals surface area contributed by atoms with E-state index in [9.17, 15) is 0 Å². The smallest absolute Gasteiger partial charge is 0.153 e. The van der Waals surface area contributed by atoms with Crippen LogP contribution in [0.3, 0.4) is 0 Å². The van der Waals surface area contributed by atoms with Gasteiger partial charge < -0.3 is 5.73 Å². The highest BCUT2D eigenvalue weighted by Gasteiger charge is 2.18. The maximum absolute atomic E-state index is 5.48. The van der Waals surface area contributed by atoms with Crippen LogP contribution in [0.25, 0.3) is 0 Å². The minimum Gasteiger partial charge on any atom is -0.330 e. The second-order valence-corrected chi connectivity index (χ2v) is 4.72. The van der Waals surface area contributed by atoms with Gasteiger partial charge in [0, 0.05) is 12.3 Å². The van der Waals surface area contributed by atoms with E-state index in [4.69, 9.17) is 5.73 Å². The van der Waals surface area contributed by atoms with Crippen LogP contribution in [0.4, 0.5) is 0 Å². The third-order valence-electron chi connectivity index (χ3n) is 3.39. The van der Waals surface area contributed by atoms with Gasteiger partial charge in [0.2, 0.25) is 0 Å². The Morgan fingerprint density at radius 3 is 2.62 bits per heavy atom. The first-order valence-corrected chi connectivity index (χ1v) is 6.51. The average Bonchev–Trinajstić information content (AvgIpc) is 2.60. The quantitative estimate of drug-likeness (QED) is 0.767. The summed E-state index contributed by atoms with van der Waals surface area (Å²) >= 11 is 0. The lowest BCUT2D eigenvalue weighted by Gasteiger charge is -2.08. The van der Waals surface area contributed by atoms with Crippen LogP contribution in [-0.2, 0) is 6.42 Å². The van der Waals surface area contributed by atoms with Crippen molar-refractivity contribution >= 4 is 0 Å². The van der Waals surface area contributed by atoms with Crippen LogP contribution in [0.15, 0.2) is 0 Å². The molecule has 0 radical (unpaired) electrons. The summed E-state index contributed by atoms with van der Waals surface area (Å²) in [5.74, 6) is 2.63. The zero-order valence-corrected chi connectivity index (χ0v) is 9.91. The Morgan fingerprint density at radius 2 is 1.94 bits per heavy atom. The summed E-state index contributed by atoms with van der Waals surface area (Å²) in [4.78, 5) is 4.59. The molecule has 0 saturated heterocycles. The first-order valence-electron chi connectivity index (χ1n) is 6.51. The van der Waals surface area contributed by atoms with Crippen molar-refractivity contribution in [3.05, 3.63) is 11.6 Å². The zero-order chi connectivity index (χ0) is 11.2. The van der Waals surface area contributed by atoms with Gasteiger partial charge in [-0.05, 0) is 25.8 Å². The standard InChI is InChI=1S/C12H22N4/c13-9-5-8-11-14-12(16-15-11)10-6-3-1-2-4-7-10/h10H,1-9,13H2,(H,14,15,16). The molecular weight excluding hydrogens is 200 g/mol. The predicted octanol–water partition coefficient (Wildman–Crippen LogP) is 2.13. The van der Waals surface area contributed by atoms with E-state index >= 15 is 0 Å². The Kier molecular flexibility index (Phi) is 4.34. The van der Waals surface area contributed by atoms with Crippen molar-refractivity contribution in [2.45, 2.75) is 57.3 Å². The summed E-state index contributed by atoms with van der Waals surface area (Å²) in [6.07, 6.45) is 9.84. The number of nitrogens with two attached hydrogens (primary N) is 1. The molecule has 1 aliphatic rings. The molecule has 0 atom stereocenters. The number of H-pyrrole nitrogens is 1. The highest BCUT2D eigenvalue weighted by Crippen LogP contribution is 2.29. The number of aromatic nitrogens is 3. The molecule has 4 nitrogen and oxygen atoms in total. The van der Waals surface area contributed by atoms with E-state index in [1.807, 2.05) is 0 Å². The SMILES string of the molecule is NCCCc1nc(C2CCCCCC2)n[nH]1. The van der Waals surface area contributed by atoms with Gasteiger partial charge in [0.05, 0.1) is 0 Å². The van der Waals surface area contributed by atoms with E-state index in [2.05, 4.69) is 15.2 Å². The van der Waals surface area contributed by atoms with E-state index in [-0.39, 0.29) is 0 Å². The number of nitrogens with zero attached hydrogens (tertiary/aromatic N) is 2. The van der Waals surface area contributed by atoms with Crippen LogP contribution in [0.5, 0.6) is 0 Å². The summed E-state index contributed by atoms with van der Waals surface area (Å²) in [6.45, 7) is 0.722. The first kappa shape index (κ1) is 11.6. The fraction of sp³-hybridized carbons (Fsp3) is 0.833. The van der Waals surface area contributed by atoms with Crippen LogP contribution in [0, 0.1) is 0 Å². The highest BCUT2D eigenvalue weighted by molar-refractivity contribution is 4.98. The van der Waals surface area contributed by atoms with Crippen molar-refractivity contribution in [2.24, 2.45) is 5.73 Å². The minimum absolute atomic E-state index is 0.588. The molecule has 1 aliphatic carbocycles. The molecule has 1 aromatic heterocycles. The number of aromatic amines is 1. The molecule has 3 N–H and O–H groups in total. The molecule has 0 aliphatic heterocycles. The van der Waals surface area contributed by atoms with Crippen molar-refractivity contribution < 1.29 is 0 Å². The number of hydrogen-bond donors (Lipinski definition) is 2. The van der Waals surface area contributed by atoms with E-state index in [0.717, 1.165) is 31.0 Å². The van der Waals surface area contributed by atoms with E-state index in [0.29, 0.717) is 5.92 Å². The van der Waals surface area contributed by atoms with Gasteiger partial charge in [-0.25, -0.2) is 4.98 Å². The normalized spacial score (nSPS) is 18.6. The third kappa shape index (κ3) is 3.04. The van der Waals surface area contributed by atoms with E-state index in [1.54, 1.807) is 0 Å². The monoisotopic (exact) mass is 222 g/mol. The fourth-order valence-electron chi connectivity index (χ4n) is 2.41. The lowest BCUT2D eigenvalue weighted by Crippen LogP contribution is -2.02. The lowest BCUT2D eigenvalue weighted by molar-refractivity contribution is 0.562. The Balaban J connectivity index is 1.94. The molecule has 0 aromatic carbocycles. The van der Waals surface area contributed by atoms with Crippen molar-refractivity contribution in [3.63, 3.8) is 0 Å². The third-order valence-corrected chi connectivity index (χ3v) is 3.39. The van der Waals surface area contributed by atoms with Gasteiger partial charge in [0.15, 0.2) is 5.82 Å². The van der Waals surface area contributed by atoms with Crippen LogP contribution in [0.2, 0.25) is 0 Å². The van der Waals surface area contributed by atoms with Crippen LogP contribution >= 0.6 is 0 Å². The first-order chi connectivity index (χ1) is 7.90. The van der Waals surface area contributed by atoms with Gasteiger partial charge in [-0.3, -0.25) is 5.10 Å². The van der Waals surface area contributed by atoms with Gasteiger partial charge in [-0.2, -0.15) is 5.10 Å². The molecule has 90 valence electrons. The van der Waals surface area contributed by atoms with Crippen molar-refractivity contribution in [2.75, 3.05) is 6.54 Å². The molecule has 0 unspecified atom stereocenters. The van der Waals surface area contributed by atoms with Gasteiger partial charge in [0.25, 0.3) is 0 Å². The summed E-state index contributed by atoms with van der Waals surface area (Å²) in [7, 11) is 0. The Bertz CT molecular complexity index is 300. The highest BCUT2D eigenvalue weighted by atomic mass is 15.2. The Morgan fingerprint density at radius 1 is 1.19 bits per heavy atom. The topological polar surface area (TPSA) is 67.6 Å². The van der Waals surface area contributed by atoms with Gasteiger partial charge in [-0.1, -0.05) is 25.7 Å². The van der Waals surface area contributed by atoms with Crippen LogP contribution in [-0.4, -0.2) is 21.7 Å². The maximum atomic E-state index is 5.48. The average molecular weight is 222 g/mol. The van der Waals surface area contributed by atoms with Gasteiger partial charge in [0.1, 0.15) is 5.82 Å². The van der Waals surface area contributed by atoms with Crippen molar-refractivity contribution in [3.8, 4) is 0 Å². The summed E-state index contributed by atoms with van der Waals surface area (Å²) in [5, 5.41) is 7.40. The van der Waals surface area contributed by atoms with E-state index < -0.39 is 0 Å². The molecule has 1 fully saturated rings. The summed E-state index contributed by atoms with van der Waals surface area (Å²) in [6, 6.07) is 0. The molecule has 0 bridgehead atoms. The Labute approximate surface area is 97.0 Å². The molecule has 4 heteroatoms. The van der Waals surface area contributed by atoms with E-state index in [1.165, 1.54) is 38.5 Å². The number of nitrogens with one attached hydrogen (secondary N) is 1. The molecule has 2 rings (SSSR count). The summed E-state index contributed by atoms with van der Waals surface area (Å²) < 4.78 is 0. The fourth-order valence-corrected chi connectivity index (χ4v) is 2.41. The molecule has 16 heavy (non-hydrogen) atoms. The van der Waals surface area contributed by atoms with Crippen LogP contribution < -0.4 is 5.73 Å². The lowest BCUT2D eigenvalue weighted by atomic mass is 10.00. The largest absolute Gasteiger partial charge is 0.330 e. The second kappa shape index (κ2) is 5.99. The molecule has 1 heterocycles. The number of aryl methyl sites for hydroxylation is 1.